The summed E-state index contributed by atoms with van der Waals surface area (Å²) >= 11 is 10.8. The Morgan fingerprint density at radius 3 is 2.74 bits per heavy atom. The first-order chi connectivity index (χ1) is 16.5. The predicted octanol–water partition coefficient (Wildman–Crippen LogP) is 6.45. The summed E-state index contributed by atoms with van der Waals surface area (Å²) in [5, 5.41) is 12.9. The Hall–Kier alpha value is -3.25. The van der Waals surface area contributed by atoms with Crippen LogP contribution >= 0.6 is 39.3 Å². The molecule has 0 radical (unpaired) electrons. The molecular formula is C25H17BrClN3O3S. The molecule has 0 aromatic heterocycles. The maximum atomic E-state index is 12.5. The van der Waals surface area contributed by atoms with Gasteiger partial charge < -0.3 is 14.8 Å². The number of nitrogens with zero attached hydrogens (tertiary/aromatic N) is 2. The largest absolute Gasteiger partial charge is 0.494 e. The minimum Gasteiger partial charge on any atom is -0.494 e. The Kier molecular flexibility index (Phi) is 7.58. The summed E-state index contributed by atoms with van der Waals surface area (Å²) in [4.78, 5) is 17.5. The van der Waals surface area contributed by atoms with Crippen LogP contribution < -0.4 is 14.8 Å². The summed E-state index contributed by atoms with van der Waals surface area (Å²) in [6.07, 6.45) is 1.78. The molecule has 0 aliphatic carbocycles. The van der Waals surface area contributed by atoms with Crippen molar-refractivity contribution in [2.45, 2.75) is 6.61 Å². The molecule has 1 saturated heterocycles. The maximum Gasteiger partial charge on any atom is 0.264 e. The quantitative estimate of drug-likeness (QED) is 0.354. The number of thioether (sulfide) groups is 1. The topological polar surface area (TPSA) is 83.7 Å². The van der Waals surface area contributed by atoms with Crippen molar-refractivity contribution < 1.29 is 14.3 Å². The van der Waals surface area contributed by atoms with Crippen LogP contribution in [-0.2, 0) is 11.4 Å². The fourth-order valence-electron chi connectivity index (χ4n) is 3.13. The van der Waals surface area contributed by atoms with E-state index in [1.165, 1.54) is 11.8 Å². The smallest absolute Gasteiger partial charge is 0.264 e. The zero-order valence-corrected chi connectivity index (χ0v) is 21.0. The molecule has 1 aliphatic heterocycles. The van der Waals surface area contributed by atoms with Crippen LogP contribution in [-0.4, -0.2) is 18.2 Å². The second kappa shape index (κ2) is 10.8. The van der Waals surface area contributed by atoms with Crippen LogP contribution in [0.3, 0.4) is 0 Å². The third-order valence-electron chi connectivity index (χ3n) is 4.79. The summed E-state index contributed by atoms with van der Waals surface area (Å²) in [5.74, 6) is 0.948. The van der Waals surface area contributed by atoms with Gasteiger partial charge in [0.05, 0.1) is 28.1 Å². The highest BCUT2D eigenvalue weighted by Gasteiger charge is 2.24. The average molecular weight is 555 g/mol. The first kappa shape index (κ1) is 23.9. The zero-order valence-electron chi connectivity index (χ0n) is 17.8. The van der Waals surface area contributed by atoms with Crippen LogP contribution in [0.4, 0.5) is 5.69 Å². The number of carbonyl (C=O) groups is 1. The lowest BCUT2D eigenvalue weighted by Crippen LogP contribution is -2.19. The van der Waals surface area contributed by atoms with Crippen molar-refractivity contribution >= 4 is 62.1 Å². The minimum atomic E-state index is -0.241. The lowest BCUT2D eigenvalue weighted by molar-refractivity contribution is -0.115. The lowest BCUT2D eigenvalue weighted by Gasteiger charge is -2.10. The maximum absolute atomic E-state index is 12.5. The normalized spacial score (nSPS) is 15.3. The molecule has 0 bridgehead atoms. The predicted molar refractivity (Wildman–Crippen MR) is 138 cm³/mol. The van der Waals surface area contributed by atoms with E-state index >= 15 is 0 Å². The van der Waals surface area contributed by atoms with Gasteiger partial charge in [-0.2, -0.15) is 5.26 Å². The summed E-state index contributed by atoms with van der Waals surface area (Å²) in [7, 11) is 1.55. The summed E-state index contributed by atoms with van der Waals surface area (Å²) in [6, 6.07) is 20.1. The van der Waals surface area contributed by atoms with Gasteiger partial charge in [-0.1, -0.05) is 35.9 Å². The number of hydrogen-bond donors (Lipinski definition) is 1. The fraction of sp³-hybridized carbons (Fsp3) is 0.0800. The molecule has 1 aliphatic rings. The molecule has 34 heavy (non-hydrogen) atoms. The molecule has 9 heteroatoms. The minimum absolute atomic E-state index is 0.241. The van der Waals surface area contributed by atoms with E-state index in [-0.39, 0.29) is 12.5 Å². The number of hydrogen-bond acceptors (Lipinski definition) is 6. The number of nitriles is 1. The molecule has 3 aromatic carbocycles. The van der Waals surface area contributed by atoms with Crippen molar-refractivity contribution in [3.8, 4) is 17.6 Å². The molecule has 0 unspecified atom stereocenters. The molecule has 3 aromatic rings. The van der Waals surface area contributed by atoms with E-state index in [0.29, 0.717) is 37.8 Å². The number of amides is 1. The van der Waals surface area contributed by atoms with E-state index in [1.807, 2.05) is 36.4 Å². The molecule has 1 amide bonds. The molecule has 6 nitrogen and oxygen atoms in total. The highest BCUT2D eigenvalue weighted by Crippen LogP contribution is 2.35. The molecule has 170 valence electrons. The Morgan fingerprint density at radius 2 is 1.97 bits per heavy atom. The molecule has 0 spiro atoms. The van der Waals surface area contributed by atoms with Crippen LogP contribution in [0.15, 0.2) is 75.0 Å². The highest BCUT2D eigenvalue weighted by atomic mass is 79.9. The third kappa shape index (κ3) is 5.62. The number of rotatable bonds is 6. The van der Waals surface area contributed by atoms with E-state index < -0.39 is 0 Å². The van der Waals surface area contributed by atoms with Gasteiger partial charge in [-0.25, -0.2) is 4.99 Å². The number of halogens is 2. The van der Waals surface area contributed by atoms with Crippen molar-refractivity contribution in [2.75, 3.05) is 7.11 Å². The van der Waals surface area contributed by atoms with Crippen molar-refractivity contribution in [2.24, 2.45) is 4.99 Å². The van der Waals surface area contributed by atoms with Crippen LogP contribution in [0.25, 0.3) is 6.08 Å². The van der Waals surface area contributed by atoms with Gasteiger partial charge in [0.25, 0.3) is 5.91 Å². The Labute approximate surface area is 214 Å². The summed E-state index contributed by atoms with van der Waals surface area (Å²) in [6.45, 7) is 0.272. The number of methoxy groups -OCH3 is 1. The highest BCUT2D eigenvalue weighted by molar-refractivity contribution is 9.10. The number of aliphatic imine (C=N–C) groups is 1. The van der Waals surface area contributed by atoms with Gasteiger partial charge in [0, 0.05) is 10.6 Å². The van der Waals surface area contributed by atoms with Crippen LogP contribution in [0.1, 0.15) is 16.7 Å². The Balaban J connectivity index is 1.49. The summed E-state index contributed by atoms with van der Waals surface area (Å²) < 4.78 is 11.9. The second-order valence-corrected chi connectivity index (χ2v) is 9.37. The second-order valence-electron chi connectivity index (χ2n) is 7.05. The molecule has 0 saturated carbocycles. The third-order valence-corrected chi connectivity index (χ3v) is 6.55. The zero-order chi connectivity index (χ0) is 24.1. The molecule has 1 heterocycles. The van der Waals surface area contributed by atoms with Gasteiger partial charge >= 0.3 is 0 Å². The van der Waals surface area contributed by atoms with Crippen LogP contribution in [0.5, 0.6) is 11.5 Å². The van der Waals surface area contributed by atoms with Gasteiger partial charge in [0.15, 0.2) is 5.17 Å². The monoisotopic (exact) mass is 553 g/mol. The molecule has 1 fully saturated rings. The number of nitrogens with one attached hydrogen (secondary N) is 1. The van der Waals surface area contributed by atoms with Gasteiger partial charge in [-0.05, 0) is 75.7 Å². The average Bonchev–Trinajstić information content (AvgIpc) is 3.17. The Morgan fingerprint density at radius 1 is 1.18 bits per heavy atom. The summed E-state index contributed by atoms with van der Waals surface area (Å²) in [5.41, 5.74) is 2.74. The number of amidine groups is 1. The SMILES string of the molecule is COc1ccc(Cl)cc1N=C1NC(=O)/C(=C/c2ccc(OCc3ccccc3C#N)c(Br)c2)S1. The molecule has 1 N–H and O–H groups in total. The van der Waals surface area contributed by atoms with Gasteiger partial charge in [-0.3, -0.25) is 4.79 Å². The molecule has 0 atom stereocenters. The van der Waals surface area contributed by atoms with Gasteiger partial charge in [-0.15, -0.1) is 0 Å². The number of carbonyl (C=O) groups excluding carboxylic acids is 1. The van der Waals surface area contributed by atoms with Crippen LogP contribution in [0.2, 0.25) is 5.02 Å². The van der Waals surface area contributed by atoms with Crippen LogP contribution in [0, 0.1) is 11.3 Å². The molecular weight excluding hydrogens is 538 g/mol. The van der Waals surface area contributed by atoms with E-state index in [1.54, 1.807) is 37.5 Å². The van der Waals surface area contributed by atoms with Crippen molar-refractivity contribution in [3.63, 3.8) is 0 Å². The lowest BCUT2D eigenvalue weighted by atomic mass is 10.1. The first-order valence-corrected chi connectivity index (χ1v) is 12.0. The van der Waals surface area contributed by atoms with Gasteiger partial charge in [0.1, 0.15) is 23.8 Å². The first-order valence-electron chi connectivity index (χ1n) is 10.0. The Bertz CT molecular complexity index is 1370. The number of benzene rings is 3. The fourth-order valence-corrected chi connectivity index (χ4v) is 4.64. The van der Waals surface area contributed by atoms with E-state index in [2.05, 4.69) is 32.3 Å². The van der Waals surface area contributed by atoms with Crippen molar-refractivity contribution in [3.05, 3.63) is 91.8 Å². The number of ether oxygens (including phenoxy) is 2. The van der Waals surface area contributed by atoms with E-state index in [0.717, 1.165) is 15.6 Å². The van der Waals surface area contributed by atoms with Gasteiger partial charge in [0.2, 0.25) is 0 Å². The molecule has 4 rings (SSSR count). The van der Waals surface area contributed by atoms with E-state index in [4.69, 9.17) is 21.1 Å². The van der Waals surface area contributed by atoms with E-state index in [9.17, 15) is 10.1 Å². The van der Waals surface area contributed by atoms with Crippen molar-refractivity contribution in [1.82, 2.24) is 5.32 Å². The van der Waals surface area contributed by atoms with Crippen molar-refractivity contribution in [1.29, 1.82) is 5.26 Å². The standard InChI is InChI=1S/C25H17BrClN3O3S/c1-32-22-9-7-18(27)12-20(22)29-25-30-24(31)23(34-25)11-15-6-8-21(19(26)10-15)33-14-17-5-3-2-4-16(17)13-28/h2-12H,14H2,1H3,(H,29,30,31)/b23-11-.